The van der Waals surface area contributed by atoms with Gasteiger partial charge in [0.1, 0.15) is 6.54 Å². The number of carbonyl (C=O) groups is 2. The van der Waals surface area contributed by atoms with E-state index in [-0.39, 0.29) is 0 Å². The average Bonchev–Trinajstić information content (AvgIpc) is 2.51. The molecule has 0 aromatic rings. The third-order valence-electron chi connectivity index (χ3n) is 3.67. The van der Waals surface area contributed by atoms with Crippen LogP contribution in [0.5, 0.6) is 0 Å². The first kappa shape index (κ1) is 19.8. The van der Waals surface area contributed by atoms with Crippen molar-refractivity contribution in [1.82, 2.24) is 26.2 Å². The number of carbonyl (C=O) groups excluding carboxylic acids is 1. The third-order valence-corrected chi connectivity index (χ3v) is 3.67. The van der Waals surface area contributed by atoms with Gasteiger partial charge in [-0.15, -0.1) is 0 Å². The first-order chi connectivity index (χ1) is 11.1. The molecule has 1 aliphatic rings. The summed E-state index contributed by atoms with van der Waals surface area (Å²) < 4.78 is 0. The van der Waals surface area contributed by atoms with Crippen molar-refractivity contribution >= 4 is 11.9 Å². The maximum atomic E-state index is 11.7. The summed E-state index contributed by atoms with van der Waals surface area (Å²) in [5.41, 5.74) is 5.82. The number of nitrogens with zero attached hydrogens (tertiary/aromatic N) is 1. The van der Waals surface area contributed by atoms with Gasteiger partial charge in [0, 0.05) is 58.9 Å². The molecule has 0 aromatic carbocycles. The van der Waals surface area contributed by atoms with E-state index in [9.17, 15) is 9.59 Å². The summed E-state index contributed by atoms with van der Waals surface area (Å²) in [5, 5.41) is 21.0. The van der Waals surface area contributed by atoms with E-state index in [2.05, 4.69) is 26.2 Å². The van der Waals surface area contributed by atoms with E-state index >= 15 is 0 Å². The van der Waals surface area contributed by atoms with E-state index in [4.69, 9.17) is 10.8 Å². The molecule has 0 aliphatic carbocycles. The first-order valence-electron chi connectivity index (χ1n) is 8.19. The van der Waals surface area contributed by atoms with E-state index in [1.54, 1.807) is 0 Å². The largest absolute Gasteiger partial charge is 0.480 e. The van der Waals surface area contributed by atoms with Crippen molar-refractivity contribution in [1.29, 1.82) is 0 Å². The summed E-state index contributed by atoms with van der Waals surface area (Å²) in [7, 11) is 0. The minimum absolute atomic E-state index is 0.391. The Labute approximate surface area is 137 Å². The zero-order valence-corrected chi connectivity index (χ0v) is 13.6. The summed E-state index contributed by atoms with van der Waals surface area (Å²) in [6.07, 6.45) is 0.507. The average molecular weight is 330 g/mol. The van der Waals surface area contributed by atoms with Gasteiger partial charge >= 0.3 is 5.97 Å². The molecule has 1 saturated heterocycles. The standard InChI is InChI=1S/C14H30N6O3/c15-12(14(23)19-11-13(21)22)1-8-20-9-6-17-4-2-16-3-5-18-7-10-20/h12,16-18H,1-11,15H2,(H,19,23)(H,21,22)/t12-/m0/s1. The van der Waals surface area contributed by atoms with Crippen LogP contribution in [0.3, 0.4) is 0 Å². The predicted molar refractivity (Wildman–Crippen MR) is 88.3 cm³/mol. The van der Waals surface area contributed by atoms with E-state index in [1.807, 2.05) is 0 Å². The van der Waals surface area contributed by atoms with Gasteiger partial charge in [0.05, 0.1) is 6.04 Å². The van der Waals surface area contributed by atoms with Gasteiger partial charge in [-0.3, -0.25) is 9.59 Å². The molecule has 0 radical (unpaired) electrons. The molecular formula is C14H30N6O3. The summed E-state index contributed by atoms with van der Waals surface area (Å²) in [4.78, 5) is 24.4. The quantitative estimate of drug-likeness (QED) is 0.303. The molecule has 1 aliphatic heterocycles. The molecule has 0 saturated carbocycles. The van der Waals surface area contributed by atoms with E-state index in [0.717, 1.165) is 52.4 Å². The van der Waals surface area contributed by atoms with E-state index < -0.39 is 24.5 Å². The summed E-state index contributed by atoms with van der Waals surface area (Å²) >= 11 is 0. The van der Waals surface area contributed by atoms with Crippen LogP contribution in [0, 0.1) is 0 Å². The molecule has 1 rings (SSSR count). The smallest absolute Gasteiger partial charge is 0.322 e. The Balaban J connectivity index is 2.29. The van der Waals surface area contributed by atoms with Crippen molar-refractivity contribution in [3.8, 4) is 0 Å². The molecule has 134 valence electrons. The molecule has 23 heavy (non-hydrogen) atoms. The van der Waals surface area contributed by atoms with Crippen molar-refractivity contribution in [3.05, 3.63) is 0 Å². The highest BCUT2D eigenvalue weighted by atomic mass is 16.4. The fourth-order valence-electron chi connectivity index (χ4n) is 2.28. The normalized spacial score (nSPS) is 20.0. The molecule has 1 amide bonds. The molecule has 1 heterocycles. The Hall–Kier alpha value is -1.26. The monoisotopic (exact) mass is 330 g/mol. The summed E-state index contributed by atoms with van der Waals surface area (Å²) in [6.45, 7) is 7.67. The number of hydrogen-bond donors (Lipinski definition) is 6. The van der Waals surface area contributed by atoms with Crippen LogP contribution in [0.2, 0.25) is 0 Å². The maximum absolute atomic E-state index is 11.7. The van der Waals surface area contributed by atoms with Crippen molar-refractivity contribution in [2.45, 2.75) is 12.5 Å². The zero-order chi connectivity index (χ0) is 16.9. The number of nitrogens with one attached hydrogen (secondary N) is 4. The lowest BCUT2D eigenvalue weighted by Crippen LogP contribution is -2.46. The lowest BCUT2D eigenvalue weighted by Gasteiger charge is -2.24. The number of carboxylic acid groups (broad SMARTS) is 1. The summed E-state index contributed by atoms with van der Waals surface area (Å²) in [6, 6.07) is -0.680. The molecule has 0 unspecified atom stereocenters. The van der Waals surface area contributed by atoms with Crippen LogP contribution in [-0.2, 0) is 9.59 Å². The molecule has 7 N–H and O–H groups in total. The van der Waals surface area contributed by atoms with Gasteiger partial charge in [0.15, 0.2) is 0 Å². The molecule has 1 fully saturated rings. The fraction of sp³-hybridized carbons (Fsp3) is 0.857. The van der Waals surface area contributed by atoms with E-state index in [0.29, 0.717) is 13.0 Å². The second-order valence-corrected chi connectivity index (χ2v) is 5.60. The number of nitrogens with two attached hydrogens (primary N) is 1. The number of carboxylic acids is 1. The van der Waals surface area contributed by atoms with Crippen LogP contribution < -0.4 is 27.0 Å². The second-order valence-electron chi connectivity index (χ2n) is 5.60. The summed E-state index contributed by atoms with van der Waals surface area (Å²) in [5.74, 6) is -1.48. The predicted octanol–water partition coefficient (Wildman–Crippen LogP) is -3.01. The van der Waals surface area contributed by atoms with Gasteiger partial charge < -0.3 is 37.0 Å². The molecule has 0 bridgehead atoms. The number of amides is 1. The molecule has 9 nitrogen and oxygen atoms in total. The Morgan fingerprint density at radius 3 is 2.09 bits per heavy atom. The number of aliphatic carboxylic acids is 1. The Kier molecular flexibility index (Phi) is 10.5. The van der Waals surface area contributed by atoms with Gasteiger partial charge in [0.25, 0.3) is 0 Å². The zero-order valence-electron chi connectivity index (χ0n) is 13.6. The fourth-order valence-corrected chi connectivity index (χ4v) is 2.28. The Morgan fingerprint density at radius 1 is 1.04 bits per heavy atom. The molecule has 1 atom stereocenters. The highest BCUT2D eigenvalue weighted by Crippen LogP contribution is 1.95. The number of hydrogen-bond acceptors (Lipinski definition) is 7. The SMILES string of the molecule is N[C@@H](CCN1CCNCCNCCNCC1)C(=O)NCC(=O)O. The third kappa shape index (κ3) is 10.2. The molecule has 0 aromatic heterocycles. The van der Waals surface area contributed by atoms with Gasteiger partial charge in [-0.05, 0) is 6.42 Å². The lowest BCUT2D eigenvalue weighted by molar-refractivity contribution is -0.138. The van der Waals surface area contributed by atoms with Crippen LogP contribution in [0.15, 0.2) is 0 Å². The van der Waals surface area contributed by atoms with Crippen molar-refractivity contribution in [2.24, 2.45) is 5.73 Å². The minimum atomic E-state index is -1.07. The van der Waals surface area contributed by atoms with E-state index in [1.165, 1.54) is 0 Å². The minimum Gasteiger partial charge on any atom is -0.480 e. The molecule has 9 heteroatoms. The van der Waals surface area contributed by atoms with Gasteiger partial charge in [-0.25, -0.2) is 0 Å². The molecule has 0 spiro atoms. The van der Waals surface area contributed by atoms with Gasteiger partial charge in [0.2, 0.25) is 5.91 Å². The van der Waals surface area contributed by atoms with Gasteiger partial charge in [-0.2, -0.15) is 0 Å². The highest BCUT2D eigenvalue weighted by molar-refractivity contribution is 5.84. The van der Waals surface area contributed by atoms with Crippen molar-refractivity contribution in [2.75, 3.05) is 65.4 Å². The van der Waals surface area contributed by atoms with Gasteiger partial charge in [-0.1, -0.05) is 0 Å². The highest BCUT2D eigenvalue weighted by Gasteiger charge is 2.15. The lowest BCUT2D eigenvalue weighted by atomic mass is 10.2. The number of rotatable bonds is 6. The van der Waals surface area contributed by atoms with Crippen molar-refractivity contribution in [3.63, 3.8) is 0 Å². The van der Waals surface area contributed by atoms with Crippen LogP contribution in [0.25, 0.3) is 0 Å². The second kappa shape index (κ2) is 12.2. The maximum Gasteiger partial charge on any atom is 0.322 e. The van der Waals surface area contributed by atoms with Crippen LogP contribution >= 0.6 is 0 Å². The molecular weight excluding hydrogens is 300 g/mol. The van der Waals surface area contributed by atoms with Crippen LogP contribution in [0.4, 0.5) is 0 Å². The first-order valence-corrected chi connectivity index (χ1v) is 8.19. The van der Waals surface area contributed by atoms with Crippen LogP contribution in [0.1, 0.15) is 6.42 Å². The van der Waals surface area contributed by atoms with Crippen LogP contribution in [-0.4, -0.2) is 93.4 Å². The topological polar surface area (TPSA) is 132 Å². The Bertz CT molecular complexity index is 343. The Morgan fingerprint density at radius 2 is 1.57 bits per heavy atom. The van der Waals surface area contributed by atoms with Crippen molar-refractivity contribution < 1.29 is 14.7 Å².